The van der Waals surface area contributed by atoms with E-state index in [0.29, 0.717) is 6.42 Å². The van der Waals surface area contributed by atoms with Gasteiger partial charge in [0.25, 0.3) is 0 Å². The summed E-state index contributed by atoms with van der Waals surface area (Å²) in [5, 5.41) is 2.27. The van der Waals surface area contributed by atoms with Crippen LogP contribution < -0.4 is 5.32 Å². The van der Waals surface area contributed by atoms with Crippen LogP contribution >= 0.6 is 42.4 Å². The van der Waals surface area contributed by atoms with Crippen molar-refractivity contribution in [2.45, 2.75) is 16.6 Å². The van der Waals surface area contributed by atoms with Gasteiger partial charge in [0.15, 0.2) is 3.79 Å². The van der Waals surface area contributed by atoms with Crippen molar-refractivity contribution in [1.82, 2.24) is 5.32 Å². The molecular weight excluding hydrogens is 315 g/mol. The maximum absolute atomic E-state index is 11.0. The number of alkyl halides is 3. The van der Waals surface area contributed by atoms with Gasteiger partial charge in [0, 0.05) is 0 Å². The van der Waals surface area contributed by atoms with E-state index >= 15 is 0 Å². The zero-order valence-corrected chi connectivity index (χ0v) is 11.9. The molecule has 10 heteroatoms. The Morgan fingerprint density at radius 2 is 1.94 bits per heavy atom. The average Bonchev–Trinajstić information content (AvgIpc) is 2.09. The van der Waals surface area contributed by atoms with E-state index < -0.39 is 23.6 Å². The lowest BCUT2D eigenvalue weighted by atomic mass is 10.3. The van der Waals surface area contributed by atoms with Crippen LogP contribution in [0.4, 0.5) is 0 Å². The van der Waals surface area contributed by atoms with Crippen molar-refractivity contribution in [3.05, 3.63) is 0 Å². The van der Waals surface area contributed by atoms with Gasteiger partial charge in [-0.15, -0.1) is 0 Å². The molecule has 0 heterocycles. The summed E-state index contributed by atoms with van der Waals surface area (Å²) in [6, 6.07) is 0. The molecule has 0 amide bonds. The molecule has 0 rings (SSSR count). The normalized spacial score (nSPS) is 12.5. The Balaban J connectivity index is 3.51. The number of esters is 1. The van der Waals surface area contributed by atoms with Gasteiger partial charge in [-0.05, 0) is 12.8 Å². The summed E-state index contributed by atoms with van der Waals surface area (Å²) in [5.41, 5.74) is 0. The molecule has 0 radical (unpaired) electrons. The van der Waals surface area contributed by atoms with Crippen molar-refractivity contribution in [3.8, 4) is 0 Å². The summed E-state index contributed by atoms with van der Waals surface area (Å²) < 4.78 is 13.8. The zero-order valence-electron chi connectivity index (χ0n) is 8.74. The summed E-state index contributed by atoms with van der Waals surface area (Å²) in [6.45, 7) is -0.191. The van der Waals surface area contributed by atoms with Crippen LogP contribution in [0.5, 0.6) is 0 Å². The minimum absolute atomic E-state index is 0.0876. The fourth-order valence-electron chi connectivity index (χ4n) is 0.813. The number of hydrogen-bond acceptors (Lipinski definition) is 4. The molecule has 6 nitrogen and oxygen atoms in total. The maximum atomic E-state index is 11.0. The fraction of sp³-hybridized carbons (Fsp3) is 0.857. The van der Waals surface area contributed by atoms with Crippen LogP contribution in [-0.4, -0.2) is 39.0 Å². The van der Waals surface area contributed by atoms with Crippen molar-refractivity contribution in [3.63, 3.8) is 0 Å². The van der Waals surface area contributed by atoms with Gasteiger partial charge in [-0.3, -0.25) is 14.7 Å². The first kappa shape index (κ1) is 17.4. The summed E-state index contributed by atoms with van der Waals surface area (Å²) in [4.78, 5) is 28.0. The summed E-state index contributed by atoms with van der Waals surface area (Å²) in [7, 11) is -4.15. The van der Waals surface area contributed by atoms with Crippen LogP contribution in [0.3, 0.4) is 0 Å². The topological polar surface area (TPSA) is 95.9 Å². The van der Waals surface area contributed by atoms with Gasteiger partial charge in [-0.1, -0.05) is 34.8 Å². The molecule has 17 heavy (non-hydrogen) atoms. The SMILES string of the molecule is O=C(CNCP(=O)(O)O)OCCCC(Cl)(Cl)Cl. The van der Waals surface area contributed by atoms with Crippen molar-refractivity contribution >= 4 is 48.4 Å². The fourth-order valence-corrected chi connectivity index (χ4v) is 1.62. The first-order chi connectivity index (χ1) is 7.60. The lowest BCUT2D eigenvalue weighted by molar-refractivity contribution is -0.142. The van der Waals surface area contributed by atoms with E-state index in [-0.39, 0.29) is 19.6 Å². The molecule has 0 unspecified atom stereocenters. The van der Waals surface area contributed by atoms with Crippen LogP contribution in [-0.2, 0) is 14.1 Å². The largest absolute Gasteiger partial charge is 0.465 e. The Morgan fingerprint density at radius 3 is 2.41 bits per heavy atom. The number of ether oxygens (including phenoxy) is 1. The number of carbonyl (C=O) groups excluding carboxylic acids is 1. The minimum Gasteiger partial charge on any atom is -0.465 e. The van der Waals surface area contributed by atoms with E-state index in [4.69, 9.17) is 49.3 Å². The van der Waals surface area contributed by atoms with Gasteiger partial charge in [-0.25, -0.2) is 0 Å². The van der Waals surface area contributed by atoms with Crippen LogP contribution in [0.1, 0.15) is 12.8 Å². The molecule has 0 aromatic rings. The van der Waals surface area contributed by atoms with E-state index in [9.17, 15) is 9.36 Å². The average molecular weight is 329 g/mol. The second-order valence-corrected chi connectivity index (χ2v) is 7.35. The molecule has 0 aromatic heterocycles. The van der Waals surface area contributed by atoms with Gasteiger partial charge in [0.05, 0.1) is 19.4 Å². The van der Waals surface area contributed by atoms with E-state index in [0.717, 1.165) is 0 Å². The Hall–Kier alpha value is 0.450. The highest BCUT2D eigenvalue weighted by Crippen LogP contribution is 2.32. The monoisotopic (exact) mass is 327 g/mol. The molecule has 0 aliphatic heterocycles. The van der Waals surface area contributed by atoms with Crippen molar-refractivity contribution in [2.24, 2.45) is 0 Å². The Labute approximate surface area is 114 Å². The molecule has 0 spiro atoms. The number of nitrogens with one attached hydrogen (secondary N) is 1. The van der Waals surface area contributed by atoms with E-state index in [1.165, 1.54) is 0 Å². The molecule has 0 aliphatic carbocycles. The quantitative estimate of drug-likeness (QED) is 0.283. The van der Waals surface area contributed by atoms with Crippen molar-refractivity contribution in [2.75, 3.05) is 19.4 Å². The zero-order chi connectivity index (χ0) is 13.5. The van der Waals surface area contributed by atoms with Crippen molar-refractivity contribution in [1.29, 1.82) is 0 Å². The lowest BCUT2D eigenvalue weighted by Gasteiger charge is -2.10. The molecule has 102 valence electrons. The molecule has 0 atom stereocenters. The third kappa shape index (κ3) is 14.4. The Bertz CT molecular complexity index is 290. The number of halogens is 3. The highest BCUT2D eigenvalue weighted by Gasteiger charge is 2.19. The molecule has 0 aliphatic rings. The molecule has 0 bridgehead atoms. The van der Waals surface area contributed by atoms with E-state index in [1.54, 1.807) is 0 Å². The van der Waals surface area contributed by atoms with Gasteiger partial charge < -0.3 is 14.5 Å². The molecule has 3 N–H and O–H groups in total. The number of carbonyl (C=O) groups is 1. The molecular formula is C7H13Cl3NO5P. The van der Waals surface area contributed by atoms with Crippen LogP contribution in [0, 0.1) is 0 Å². The summed E-state index contributed by atoms with van der Waals surface area (Å²) >= 11 is 16.4. The number of hydrogen-bond donors (Lipinski definition) is 3. The van der Waals surface area contributed by atoms with Crippen LogP contribution in [0.15, 0.2) is 0 Å². The standard InChI is InChI=1S/C7H13Cl3NO5P/c8-7(9,10)2-1-3-16-6(12)4-11-5-17(13,14)15/h11H,1-5H2,(H2,13,14,15). The van der Waals surface area contributed by atoms with E-state index in [2.05, 4.69) is 5.32 Å². The highest BCUT2D eigenvalue weighted by molar-refractivity contribution is 7.51. The highest BCUT2D eigenvalue weighted by atomic mass is 35.6. The Morgan fingerprint density at radius 1 is 1.35 bits per heavy atom. The molecule has 0 fully saturated rings. The maximum Gasteiger partial charge on any atom is 0.339 e. The summed E-state index contributed by atoms with van der Waals surface area (Å²) in [5.74, 6) is -0.622. The lowest BCUT2D eigenvalue weighted by Crippen LogP contribution is -2.26. The third-order valence-electron chi connectivity index (χ3n) is 1.45. The predicted octanol–water partition coefficient (Wildman–Crippen LogP) is 1.40. The Kier molecular flexibility index (Phi) is 8.00. The molecule has 0 aromatic carbocycles. The van der Waals surface area contributed by atoms with Gasteiger partial charge in [0.2, 0.25) is 0 Å². The van der Waals surface area contributed by atoms with Crippen molar-refractivity contribution < 1.29 is 23.9 Å². The second kappa shape index (κ2) is 7.79. The van der Waals surface area contributed by atoms with Gasteiger partial charge >= 0.3 is 13.6 Å². The minimum atomic E-state index is -4.15. The van der Waals surface area contributed by atoms with Gasteiger partial charge in [0.1, 0.15) is 0 Å². The van der Waals surface area contributed by atoms with E-state index in [1.807, 2.05) is 0 Å². The number of rotatable bonds is 7. The molecule has 0 saturated heterocycles. The predicted molar refractivity (Wildman–Crippen MR) is 65.4 cm³/mol. The second-order valence-electron chi connectivity index (χ2n) is 3.19. The summed E-state index contributed by atoms with van der Waals surface area (Å²) in [6.07, 6.45) is 0.0673. The third-order valence-corrected chi connectivity index (χ3v) is 2.66. The smallest absolute Gasteiger partial charge is 0.339 e. The molecule has 0 saturated carbocycles. The van der Waals surface area contributed by atoms with Crippen LogP contribution in [0.2, 0.25) is 0 Å². The van der Waals surface area contributed by atoms with Gasteiger partial charge in [-0.2, -0.15) is 0 Å². The first-order valence-electron chi connectivity index (χ1n) is 4.58. The first-order valence-corrected chi connectivity index (χ1v) is 7.51. The van der Waals surface area contributed by atoms with Crippen LogP contribution in [0.25, 0.3) is 0 Å².